The Bertz CT molecular complexity index is 112. The lowest BCUT2D eigenvalue weighted by molar-refractivity contribution is 0.350. The highest BCUT2D eigenvalue weighted by Crippen LogP contribution is 1.93. The van der Waals surface area contributed by atoms with Gasteiger partial charge in [-0.2, -0.15) is 0 Å². The van der Waals surface area contributed by atoms with E-state index in [1.54, 1.807) is 0 Å². The maximum atomic E-state index is 5.18. The van der Waals surface area contributed by atoms with Crippen LogP contribution in [-0.4, -0.2) is 14.8 Å². The number of rotatable bonds is 4. The van der Waals surface area contributed by atoms with Gasteiger partial charge in [-0.05, 0) is 26.4 Å². The summed E-state index contributed by atoms with van der Waals surface area (Å²) >= 11 is 0. The lowest BCUT2D eigenvalue weighted by Gasteiger charge is -2.02. The highest BCUT2D eigenvalue weighted by atomic mass is 28.3. The smallest absolute Gasteiger partial charge is 0.266 e. The number of hydrogen-bond acceptors (Lipinski definition) is 2. The Hall–Kier alpha value is -0.313. The van der Waals surface area contributed by atoms with Gasteiger partial charge in [0.05, 0.1) is 5.71 Å². The Labute approximate surface area is 65.0 Å². The summed E-state index contributed by atoms with van der Waals surface area (Å²) in [4.78, 5) is 0. The van der Waals surface area contributed by atoms with Gasteiger partial charge in [0.2, 0.25) is 0 Å². The summed E-state index contributed by atoms with van der Waals surface area (Å²) in [6.45, 7) is 8.39. The van der Waals surface area contributed by atoms with Gasteiger partial charge in [0, 0.05) is 0 Å². The van der Waals surface area contributed by atoms with Crippen molar-refractivity contribution in [3.8, 4) is 0 Å². The van der Waals surface area contributed by atoms with Crippen molar-refractivity contribution in [1.82, 2.24) is 0 Å². The molecule has 0 aliphatic carbocycles. The lowest BCUT2D eigenvalue weighted by atomic mass is 10.2. The first-order chi connectivity index (χ1) is 4.66. The van der Waals surface area contributed by atoms with E-state index in [9.17, 15) is 0 Å². The van der Waals surface area contributed by atoms with Gasteiger partial charge in [0.25, 0.3) is 9.04 Å². The molecule has 3 heteroatoms. The van der Waals surface area contributed by atoms with E-state index >= 15 is 0 Å². The summed E-state index contributed by atoms with van der Waals surface area (Å²) in [6.07, 6.45) is 2.21. The number of hydrogen-bond donors (Lipinski definition) is 0. The van der Waals surface area contributed by atoms with Crippen LogP contribution in [0.15, 0.2) is 5.16 Å². The van der Waals surface area contributed by atoms with Crippen LogP contribution in [0, 0.1) is 0 Å². The monoisotopic (exact) mass is 159 g/mol. The molecule has 0 atom stereocenters. The number of nitrogens with zero attached hydrogens (tertiary/aromatic N) is 1. The summed E-state index contributed by atoms with van der Waals surface area (Å²) in [6, 6.07) is 0. The molecule has 0 aliphatic rings. The first-order valence-electron chi connectivity index (χ1n) is 3.86. The SMILES string of the molecule is CCCC(C)=NO[SiH](C)C. The van der Waals surface area contributed by atoms with Gasteiger partial charge in [-0.1, -0.05) is 13.3 Å². The van der Waals surface area contributed by atoms with Gasteiger partial charge in [-0.15, -0.1) is 5.16 Å². The van der Waals surface area contributed by atoms with Crippen molar-refractivity contribution in [1.29, 1.82) is 0 Å². The molecule has 0 aromatic heterocycles. The molecule has 0 amide bonds. The van der Waals surface area contributed by atoms with Crippen LogP contribution in [0.25, 0.3) is 0 Å². The summed E-state index contributed by atoms with van der Waals surface area (Å²) in [5.41, 5.74) is 1.11. The molecule has 10 heavy (non-hydrogen) atoms. The predicted molar refractivity (Wildman–Crippen MR) is 48.0 cm³/mol. The summed E-state index contributed by atoms with van der Waals surface area (Å²) < 4.78 is 5.18. The quantitative estimate of drug-likeness (QED) is 0.350. The largest absolute Gasteiger partial charge is 0.459 e. The topological polar surface area (TPSA) is 21.6 Å². The van der Waals surface area contributed by atoms with Gasteiger partial charge in [-0.3, -0.25) is 0 Å². The molecule has 0 radical (unpaired) electrons. The Morgan fingerprint density at radius 3 is 2.50 bits per heavy atom. The van der Waals surface area contributed by atoms with Crippen LogP contribution in [0.4, 0.5) is 0 Å². The van der Waals surface area contributed by atoms with Crippen molar-refractivity contribution < 1.29 is 4.53 Å². The van der Waals surface area contributed by atoms with E-state index in [1.165, 1.54) is 0 Å². The van der Waals surface area contributed by atoms with E-state index in [-0.39, 0.29) is 0 Å². The van der Waals surface area contributed by atoms with Gasteiger partial charge >= 0.3 is 0 Å². The molecule has 0 aliphatic heterocycles. The third-order valence-electron chi connectivity index (χ3n) is 1.03. The molecule has 2 nitrogen and oxygen atoms in total. The molecule has 0 saturated heterocycles. The van der Waals surface area contributed by atoms with Crippen molar-refractivity contribution in [2.24, 2.45) is 5.16 Å². The molecule has 0 bridgehead atoms. The maximum absolute atomic E-state index is 5.18. The summed E-state index contributed by atoms with van der Waals surface area (Å²) in [5, 5.41) is 3.99. The third kappa shape index (κ3) is 5.82. The second-order valence-corrected chi connectivity index (χ2v) is 5.04. The first-order valence-corrected chi connectivity index (χ1v) is 6.64. The van der Waals surface area contributed by atoms with Crippen molar-refractivity contribution >= 4 is 14.8 Å². The standard InChI is InChI=1S/C7H17NOSi/c1-5-6-7(2)8-9-10(3)4/h10H,5-6H2,1-4H3. The van der Waals surface area contributed by atoms with Crippen LogP contribution >= 0.6 is 0 Å². The summed E-state index contributed by atoms with van der Waals surface area (Å²) in [7, 11) is -0.939. The zero-order valence-corrected chi connectivity index (χ0v) is 8.50. The minimum Gasteiger partial charge on any atom is -0.459 e. The van der Waals surface area contributed by atoms with Crippen LogP contribution in [0.5, 0.6) is 0 Å². The highest BCUT2D eigenvalue weighted by molar-refractivity contribution is 6.48. The van der Waals surface area contributed by atoms with Crippen LogP contribution < -0.4 is 0 Å². The van der Waals surface area contributed by atoms with E-state index in [0.29, 0.717) is 0 Å². The van der Waals surface area contributed by atoms with Crippen molar-refractivity contribution in [3.63, 3.8) is 0 Å². The van der Waals surface area contributed by atoms with Crippen molar-refractivity contribution in [2.75, 3.05) is 0 Å². The van der Waals surface area contributed by atoms with Crippen molar-refractivity contribution in [2.45, 2.75) is 39.8 Å². The van der Waals surface area contributed by atoms with Crippen LogP contribution in [-0.2, 0) is 4.53 Å². The molecule has 0 heterocycles. The zero-order valence-electron chi connectivity index (χ0n) is 7.35. The average molecular weight is 159 g/mol. The van der Waals surface area contributed by atoms with Gasteiger partial charge in [0.15, 0.2) is 0 Å². The zero-order chi connectivity index (χ0) is 7.98. The molecule has 60 valence electrons. The molecule has 0 N–H and O–H groups in total. The molecule has 0 aromatic rings. The second kappa shape index (κ2) is 5.47. The Morgan fingerprint density at radius 1 is 1.50 bits per heavy atom. The first kappa shape index (κ1) is 9.69. The van der Waals surface area contributed by atoms with Gasteiger partial charge < -0.3 is 4.53 Å². The van der Waals surface area contributed by atoms with Crippen molar-refractivity contribution in [3.05, 3.63) is 0 Å². The van der Waals surface area contributed by atoms with Crippen LogP contribution in [0.1, 0.15) is 26.7 Å². The van der Waals surface area contributed by atoms with E-state index in [1.807, 2.05) is 6.92 Å². The fraction of sp³-hybridized carbons (Fsp3) is 0.857. The Morgan fingerprint density at radius 2 is 2.10 bits per heavy atom. The second-order valence-electron chi connectivity index (χ2n) is 2.73. The molecular weight excluding hydrogens is 142 g/mol. The van der Waals surface area contributed by atoms with E-state index in [0.717, 1.165) is 18.6 Å². The van der Waals surface area contributed by atoms with Crippen LogP contribution in [0.2, 0.25) is 13.1 Å². The molecule has 0 spiro atoms. The van der Waals surface area contributed by atoms with Crippen LogP contribution in [0.3, 0.4) is 0 Å². The molecule has 0 aromatic carbocycles. The van der Waals surface area contributed by atoms with Gasteiger partial charge in [0.1, 0.15) is 0 Å². The van der Waals surface area contributed by atoms with Gasteiger partial charge in [-0.25, -0.2) is 0 Å². The highest BCUT2D eigenvalue weighted by Gasteiger charge is 1.94. The maximum Gasteiger partial charge on any atom is 0.266 e. The van der Waals surface area contributed by atoms with E-state index < -0.39 is 9.04 Å². The fourth-order valence-corrected chi connectivity index (χ4v) is 0.994. The Kier molecular flexibility index (Phi) is 5.30. The van der Waals surface area contributed by atoms with E-state index in [2.05, 4.69) is 25.2 Å². The molecule has 0 saturated carbocycles. The molecular formula is C7H17NOSi. The predicted octanol–water partition coefficient (Wildman–Crippen LogP) is 2.16. The van der Waals surface area contributed by atoms with E-state index in [4.69, 9.17) is 4.53 Å². The lowest BCUT2D eigenvalue weighted by Crippen LogP contribution is -2.04. The molecule has 0 unspecified atom stereocenters. The third-order valence-corrected chi connectivity index (χ3v) is 1.56. The summed E-state index contributed by atoms with van der Waals surface area (Å²) in [5.74, 6) is 0. The minimum atomic E-state index is -0.939. The Balaban J connectivity index is 3.47. The molecule has 0 rings (SSSR count). The normalized spacial score (nSPS) is 12.3. The average Bonchev–Trinajstić information content (AvgIpc) is 1.85. The minimum absolute atomic E-state index is 0.939. The molecule has 0 fully saturated rings. The fourth-order valence-electron chi connectivity index (χ4n) is 0.603. The number of oxime groups is 1.